The zero-order valence-corrected chi connectivity index (χ0v) is 16.2. The fraction of sp³-hybridized carbons (Fsp3) is 0.800. The van der Waals surface area contributed by atoms with Crippen molar-refractivity contribution in [3.05, 3.63) is 0 Å². The Morgan fingerprint density at radius 2 is 1.81 bits per heavy atom. The standard InChI is InChI=1S/C20H31N3O4/c1-20(13-24)10-5-11-23(20)16(25)12-21-19(27)22-17(18(26)15-8-9-15)14-6-3-2-4-7-14/h13-15,17H,2-12H2,1H3,(H2,21,22,27)/t17-,20?/m0/s1. The number of nitrogens with one attached hydrogen (secondary N) is 2. The summed E-state index contributed by atoms with van der Waals surface area (Å²) < 4.78 is 0. The molecule has 150 valence electrons. The molecule has 27 heavy (non-hydrogen) atoms. The van der Waals surface area contributed by atoms with Gasteiger partial charge in [-0.1, -0.05) is 19.3 Å². The van der Waals surface area contributed by atoms with Gasteiger partial charge in [-0.25, -0.2) is 4.79 Å². The maximum Gasteiger partial charge on any atom is 0.315 e. The average molecular weight is 377 g/mol. The number of ketones is 1. The third-order valence-electron chi connectivity index (χ3n) is 6.33. The Hall–Kier alpha value is -1.92. The van der Waals surface area contributed by atoms with Crippen LogP contribution in [0, 0.1) is 11.8 Å². The predicted octanol–water partition coefficient (Wildman–Crippen LogP) is 1.79. The number of hydrogen-bond donors (Lipinski definition) is 2. The summed E-state index contributed by atoms with van der Waals surface area (Å²) in [4.78, 5) is 50.3. The summed E-state index contributed by atoms with van der Waals surface area (Å²) in [6, 6.07) is -0.917. The number of aldehydes is 1. The average Bonchev–Trinajstić information content (AvgIpc) is 3.46. The number of carbonyl (C=O) groups excluding carboxylic acids is 4. The van der Waals surface area contributed by atoms with Crippen molar-refractivity contribution in [2.24, 2.45) is 11.8 Å². The normalized spacial score (nSPS) is 27.1. The Labute approximate surface area is 160 Å². The number of urea groups is 1. The lowest BCUT2D eigenvalue weighted by Gasteiger charge is -2.31. The summed E-state index contributed by atoms with van der Waals surface area (Å²) in [5, 5.41) is 5.44. The van der Waals surface area contributed by atoms with Crippen molar-refractivity contribution in [1.82, 2.24) is 15.5 Å². The number of carbonyl (C=O) groups is 4. The monoisotopic (exact) mass is 377 g/mol. The summed E-state index contributed by atoms with van der Waals surface area (Å²) in [5.41, 5.74) is -0.776. The van der Waals surface area contributed by atoms with Crippen molar-refractivity contribution in [1.29, 1.82) is 0 Å². The van der Waals surface area contributed by atoms with Gasteiger partial charge in [0, 0.05) is 12.5 Å². The minimum atomic E-state index is -0.776. The van der Waals surface area contributed by atoms with Crippen molar-refractivity contribution in [2.45, 2.75) is 76.3 Å². The van der Waals surface area contributed by atoms with Crippen LogP contribution in [-0.2, 0) is 14.4 Å². The molecule has 1 heterocycles. The number of rotatable bonds is 7. The smallest absolute Gasteiger partial charge is 0.315 e. The van der Waals surface area contributed by atoms with E-state index < -0.39 is 17.6 Å². The molecule has 1 unspecified atom stereocenters. The predicted molar refractivity (Wildman–Crippen MR) is 100 cm³/mol. The molecule has 2 atom stereocenters. The van der Waals surface area contributed by atoms with Crippen LogP contribution >= 0.6 is 0 Å². The first kappa shape index (κ1) is 19.8. The summed E-state index contributed by atoms with van der Waals surface area (Å²) in [6.45, 7) is 2.12. The molecule has 0 aromatic rings. The van der Waals surface area contributed by atoms with Gasteiger partial charge in [0.15, 0.2) is 5.78 Å². The molecule has 3 amide bonds. The Kier molecular flexibility index (Phi) is 6.17. The van der Waals surface area contributed by atoms with Crippen molar-refractivity contribution in [3.8, 4) is 0 Å². The van der Waals surface area contributed by atoms with Gasteiger partial charge in [0.25, 0.3) is 0 Å². The maximum absolute atomic E-state index is 12.7. The molecule has 3 aliphatic rings. The van der Waals surface area contributed by atoms with Gasteiger partial charge in [-0.3, -0.25) is 9.59 Å². The molecule has 1 aliphatic heterocycles. The molecular formula is C20H31N3O4. The van der Waals surface area contributed by atoms with Gasteiger partial charge in [-0.05, 0) is 51.4 Å². The minimum absolute atomic E-state index is 0.0942. The largest absolute Gasteiger partial charge is 0.329 e. The number of amides is 3. The van der Waals surface area contributed by atoms with Crippen molar-refractivity contribution in [3.63, 3.8) is 0 Å². The SMILES string of the molecule is CC1(C=O)CCCN1C(=O)CNC(=O)N[C@H](C(=O)C1CC1)C1CCCCC1. The molecule has 0 aromatic carbocycles. The van der Waals surface area contributed by atoms with Crippen molar-refractivity contribution < 1.29 is 19.2 Å². The van der Waals surface area contributed by atoms with E-state index in [2.05, 4.69) is 10.6 Å². The maximum atomic E-state index is 12.7. The molecule has 7 nitrogen and oxygen atoms in total. The molecule has 3 fully saturated rings. The summed E-state index contributed by atoms with van der Waals surface area (Å²) >= 11 is 0. The van der Waals surface area contributed by atoms with Gasteiger partial charge in [-0.15, -0.1) is 0 Å². The molecular weight excluding hydrogens is 346 g/mol. The van der Waals surface area contributed by atoms with Crippen LogP contribution in [-0.4, -0.2) is 53.6 Å². The molecule has 7 heteroatoms. The van der Waals surface area contributed by atoms with Crippen LogP contribution in [0.25, 0.3) is 0 Å². The number of nitrogens with zero attached hydrogens (tertiary/aromatic N) is 1. The van der Waals surface area contributed by atoms with Crippen molar-refractivity contribution in [2.75, 3.05) is 13.1 Å². The highest BCUT2D eigenvalue weighted by molar-refractivity contribution is 5.93. The van der Waals surface area contributed by atoms with Gasteiger partial charge in [0.2, 0.25) is 5.91 Å². The molecule has 0 spiro atoms. The lowest BCUT2D eigenvalue weighted by Crippen LogP contribution is -2.54. The fourth-order valence-electron chi connectivity index (χ4n) is 4.47. The highest BCUT2D eigenvalue weighted by atomic mass is 16.2. The minimum Gasteiger partial charge on any atom is -0.329 e. The second kappa shape index (κ2) is 8.40. The topological polar surface area (TPSA) is 95.6 Å². The van der Waals surface area contributed by atoms with Crippen molar-refractivity contribution >= 4 is 24.0 Å². The van der Waals surface area contributed by atoms with E-state index in [0.717, 1.165) is 51.2 Å². The third kappa shape index (κ3) is 4.68. The van der Waals surface area contributed by atoms with Gasteiger partial charge in [0.05, 0.1) is 18.1 Å². The van der Waals surface area contributed by atoms with E-state index in [-0.39, 0.29) is 30.1 Å². The molecule has 2 saturated carbocycles. The van der Waals surface area contributed by atoms with Crippen LogP contribution in [0.5, 0.6) is 0 Å². The van der Waals surface area contributed by atoms with Gasteiger partial charge in [-0.2, -0.15) is 0 Å². The van der Waals surface area contributed by atoms with E-state index in [9.17, 15) is 19.2 Å². The Morgan fingerprint density at radius 3 is 2.44 bits per heavy atom. The van der Waals surface area contributed by atoms with Crippen LogP contribution < -0.4 is 10.6 Å². The quantitative estimate of drug-likeness (QED) is 0.661. The molecule has 0 bridgehead atoms. The Bertz CT molecular complexity index is 598. The molecule has 2 aliphatic carbocycles. The first-order valence-corrected chi connectivity index (χ1v) is 10.3. The molecule has 0 aromatic heterocycles. The first-order valence-electron chi connectivity index (χ1n) is 10.3. The van der Waals surface area contributed by atoms with Crippen LogP contribution in [0.1, 0.15) is 64.7 Å². The lowest BCUT2D eigenvalue weighted by molar-refractivity contribution is -0.137. The molecule has 2 N–H and O–H groups in total. The Balaban J connectivity index is 1.53. The zero-order chi connectivity index (χ0) is 19.4. The lowest BCUT2D eigenvalue weighted by atomic mass is 9.81. The van der Waals surface area contributed by atoms with Crippen LogP contribution in [0.2, 0.25) is 0 Å². The van der Waals surface area contributed by atoms with Crippen LogP contribution in [0.15, 0.2) is 0 Å². The Morgan fingerprint density at radius 1 is 1.11 bits per heavy atom. The highest BCUT2D eigenvalue weighted by Crippen LogP contribution is 2.35. The van der Waals surface area contributed by atoms with E-state index >= 15 is 0 Å². The van der Waals surface area contributed by atoms with Crippen LogP contribution in [0.4, 0.5) is 4.79 Å². The van der Waals surface area contributed by atoms with Gasteiger partial charge < -0.3 is 20.3 Å². The zero-order valence-electron chi connectivity index (χ0n) is 16.2. The van der Waals surface area contributed by atoms with E-state index in [1.807, 2.05) is 0 Å². The third-order valence-corrected chi connectivity index (χ3v) is 6.33. The van der Waals surface area contributed by atoms with Gasteiger partial charge in [0.1, 0.15) is 6.29 Å². The molecule has 1 saturated heterocycles. The van der Waals surface area contributed by atoms with E-state index in [0.29, 0.717) is 13.0 Å². The van der Waals surface area contributed by atoms with Gasteiger partial charge >= 0.3 is 6.03 Å². The summed E-state index contributed by atoms with van der Waals surface area (Å²) in [5.74, 6) is 0.179. The fourth-order valence-corrected chi connectivity index (χ4v) is 4.47. The molecule has 0 radical (unpaired) electrons. The van der Waals surface area contributed by atoms with E-state index in [1.165, 1.54) is 11.3 Å². The summed E-state index contributed by atoms with van der Waals surface area (Å²) in [7, 11) is 0. The number of hydrogen-bond acceptors (Lipinski definition) is 4. The second-order valence-electron chi connectivity index (χ2n) is 8.50. The number of likely N-dealkylation sites (tertiary alicyclic amines) is 1. The highest BCUT2D eigenvalue weighted by Gasteiger charge is 2.41. The molecule has 3 rings (SSSR count). The second-order valence-corrected chi connectivity index (χ2v) is 8.50. The van der Waals surface area contributed by atoms with E-state index in [1.54, 1.807) is 6.92 Å². The summed E-state index contributed by atoms with van der Waals surface area (Å²) in [6.07, 6.45) is 9.40. The first-order chi connectivity index (χ1) is 12.9. The van der Waals surface area contributed by atoms with E-state index in [4.69, 9.17) is 0 Å². The number of Topliss-reactive ketones (excluding diaryl/α,β-unsaturated/α-hetero) is 1. The van der Waals surface area contributed by atoms with Crippen LogP contribution in [0.3, 0.4) is 0 Å².